The van der Waals surface area contributed by atoms with Crippen LogP contribution in [-0.4, -0.2) is 27.9 Å². The van der Waals surface area contributed by atoms with Crippen LogP contribution in [0.5, 0.6) is 0 Å². The van der Waals surface area contributed by atoms with Crippen LogP contribution < -0.4 is 0 Å². The number of aliphatic hydroxyl groups is 2. The van der Waals surface area contributed by atoms with Crippen LogP contribution in [-0.2, 0) is 9.53 Å². The van der Waals surface area contributed by atoms with E-state index in [1.807, 2.05) is 6.07 Å². The van der Waals surface area contributed by atoms with Gasteiger partial charge in [0.15, 0.2) is 0 Å². The van der Waals surface area contributed by atoms with Gasteiger partial charge in [0.1, 0.15) is 11.7 Å². The van der Waals surface area contributed by atoms with Crippen molar-refractivity contribution in [3.05, 3.63) is 35.9 Å². The van der Waals surface area contributed by atoms with Crippen LogP contribution in [0.25, 0.3) is 0 Å². The number of carbonyl (C=O) groups is 1. The van der Waals surface area contributed by atoms with Crippen LogP contribution in [0.2, 0.25) is 0 Å². The second kappa shape index (κ2) is 6.68. The summed E-state index contributed by atoms with van der Waals surface area (Å²) in [5.41, 5.74) is 0.110. The molecule has 0 aliphatic rings. The third kappa shape index (κ3) is 5.85. The van der Waals surface area contributed by atoms with E-state index in [9.17, 15) is 15.0 Å². The molecule has 0 aliphatic carbocycles. The lowest BCUT2D eigenvalue weighted by molar-refractivity contribution is -0.155. The number of ether oxygens (including phenoxy) is 1. The summed E-state index contributed by atoms with van der Waals surface area (Å²) in [6, 6.07) is 8.89. The summed E-state index contributed by atoms with van der Waals surface area (Å²) in [5.74, 6) is -0.369. The Morgan fingerprint density at radius 2 is 1.79 bits per heavy atom. The maximum Gasteiger partial charge on any atom is 0.306 e. The molecule has 0 amide bonds. The van der Waals surface area contributed by atoms with Gasteiger partial charge in [0.05, 0.1) is 6.10 Å². The molecular weight excluding hydrogens is 244 g/mol. The molecule has 0 radical (unpaired) electrons. The van der Waals surface area contributed by atoms with Gasteiger partial charge in [-0.05, 0) is 32.8 Å². The molecule has 2 N–H and O–H groups in total. The standard InChI is InChI=1S/C15H22O4/c1-15(2,3)19-13(17)10-9-12(16)14(18)11-7-5-4-6-8-11/h4-8,12,14,16,18H,9-10H2,1-3H3/t12-,14-/m1/s1. The van der Waals surface area contributed by atoms with Crippen LogP contribution in [0, 0.1) is 0 Å². The Balaban J connectivity index is 2.43. The summed E-state index contributed by atoms with van der Waals surface area (Å²) >= 11 is 0. The highest BCUT2D eigenvalue weighted by Crippen LogP contribution is 2.20. The average Bonchev–Trinajstić information content (AvgIpc) is 2.34. The zero-order valence-corrected chi connectivity index (χ0v) is 11.7. The summed E-state index contributed by atoms with van der Waals surface area (Å²) in [6.07, 6.45) is -1.70. The molecule has 0 heterocycles. The van der Waals surface area contributed by atoms with Gasteiger partial charge in [-0.3, -0.25) is 4.79 Å². The molecule has 1 aromatic carbocycles. The van der Waals surface area contributed by atoms with E-state index in [1.165, 1.54) is 0 Å². The Morgan fingerprint density at radius 3 is 2.32 bits per heavy atom. The Hall–Kier alpha value is -1.39. The summed E-state index contributed by atoms with van der Waals surface area (Å²) < 4.78 is 5.14. The van der Waals surface area contributed by atoms with E-state index in [0.717, 1.165) is 0 Å². The van der Waals surface area contributed by atoms with Crippen LogP contribution >= 0.6 is 0 Å². The highest BCUT2D eigenvalue weighted by Gasteiger charge is 2.21. The average molecular weight is 266 g/mol. The van der Waals surface area contributed by atoms with E-state index in [0.29, 0.717) is 5.56 Å². The Bertz CT molecular complexity index is 394. The molecule has 0 aromatic heterocycles. The van der Waals surface area contributed by atoms with E-state index < -0.39 is 17.8 Å². The number of aliphatic hydroxyl groups excluding tert-OH is 2. The molecule has 0 unspecified atom stereocenters. The van der Waals surface area contributed by atoms with Crippen molar-refractivity contribution in [2.24, 2.45) is 0 Å². The molecule has 1 aromatic rings. The summed E-state index contributed by atoms with van der Waals surface area (Å²) in [6.45, 7) is 5.38. The summed E-state index contributed by atoms with van der Waals surface area (Å²) in [7, 11) is 0. The normalized spacial score (nSPS) is 14.8. The lowest BCUT2D eigenvalue weighted by Crippen LogP contribution is -2.25. The first-order chi connectivity index (χ1) is 8.79. The second-order valence-corrected chi connectivity index (χ2v) is 5.55. The van der Waals surface area contributed by atoms with Gasteiger partial charge in [0.2, 0.25) is 0 Å². The molecule has 4 heteroatoms. The Morgan fingerprint density at radius 1 is 1.21 bits per heavy atom. The van der Waals surface area contributed by atoms with Gasteiger partial charge in [0, 0.05) is 6.42 Å². The topological polar surface area (TPSA) is 66.8 Å². The fraction of sp³-hybridized carbons (Fsp3) is 0.533. The predicted octanol–water partition coefficient (Wildman–Crippen LogP) is 2.20. The van der Waals surface area contributed by atoms with E-state index in [-0.39, 0.29) is 18.8 Å². The van der Waals surface area contributed by atoms with Gasteiger partial charge >= 0.3 is 5.97 Å². The Kier molecular flexibility index (Phi) is 5.51. The number of benzene rings is 1. The van der Waals surface area contributed by atoms with Crippen LogP contribution in [0.1, 0.15) is 45.3 Å². The molecular formula is C15H22O4. The van der Waals surface area contributed by atoms with Crippen molar-refractivity contribution in [2.45, 2.75) is 51.4 Å². The monoisotopic (exact) mass is 266 g/mol. The molecule has 1 rings (SSSR count). The van der Waals surface area contributed by atoms with Crippen molar-refractivity contribution in [3.8, 4) is 0 Å². The number of esters is 1. The van der Waals surface area contributed by atoms with Gasteiger partial charge in [0.25, 0.3) is 0 Å². The summed E-state index contributed by atoms with van der Waals surface area (Å²) in [4.78, 5) is 11.5. The van der Waals surface area contributed by atoms with E-state index in [4.69, 9.17) is 4.74 Å². The number of rotatable bonds is 5. The maximum absolute atomic E-state index is 11.5. The first-order valence-corrected chi connectivity index (χ1v) is 6.42. The first kappa shape index (κ1) is 15.7. The lowest BCUT2D eigenvalue weighted by Gasteiger charge is -2.21. The van der Waals surface area contributed by atoms with Crippen LogP contribution in [0.4, 0.5) is 0 Å². The fourth-order valence-electron chi connectivity index (χ4n) is 1.69. The third-order valence-corrected chi connectivity index (χ3v) is 2.57. The van der Waals surface area contributed by atoms with Crippen molar-refractivity contribution in [2.75, 3.05) is 0 Å². The van der Waals surface area contributed by atoms with Crippen molar-refractivity contribution in [1.29, 1.82) is 0 Å². The first-order valence-electron chi connectivity index (χ1n) is 6.42. The Labute approximate surface area is 114 Å². The van der Waals surface area contributed by atoms with E-state index in [1.54, 1.807) is 45.0 Å². The zero-order valence-electron chi connectivity index (χ0n) is 11.7. The van der Waals surface area contributed by atoms with E-state index >= 15 is 0 Å². The number of hydrogen-bond acceptors (Lipinski definition) is 4. The number of carbonyl (C=O) groups excluding carboxylic acids is 1. The van der Waals surface area contributed by atoms with Crippen LogP contribution in [0.15, 0.2) is 30.3 Å². The van der Waals surface area contributed by atoms with Gasteiger partial charge in [-0.1, -0.05) is 30.3 Å². The molecule has 2 atom stereocenters. The van der Waals surface area contributed by atoms with Gasteiger partial charge in [-0.15, -0.1) is 0 Å². The smallest absolute Gasteiger partial charge is 0.306 e. The molecule has 19 heavy (non-hydrogen) atoms. The minimum atomic E-state index is -0.983. The number of hydrogen-bond donors (Lipinski definition) is 2. The maximum atomic E-state index is 11.5. The quantitative estimate of drug-likeness (QED) is 0.802. The molecule has 0 saturated heterocycles. The highest BCUT2D eigenvalue weighted by atomic mass is 16.6. The van der Waals surface area contributed by atoms with E-state index in [2.05, 4.69) is 0 Å². The molecule has 0 spiro atoms. The van der Waals surface area contributed by atoms with Crippen LogP contribution in [0.3, 0.4) is 0 Å². The zero-order chi connectivity index (χ0) is 14.5. The largest absolute Gasteiger partial charge is 0.460 e. The second-order valence-electron chi connectivity index (χ2n) is 5.55. The minimum Gasteiger partial charge on any atom is -0.460 e. The highest BCUT2D eigenvalue weighted by molar-refractivity contribution is 5.69. The molecule has 0 aliphatic heterocycles. The molecule has 0 saturated carbocycles. The third-order valence-electron chi connectivity index (χ3n) is 2.57. The molecule has 4 nitrogen and oxygen atoms in total. The molecule has 0 fully saturated rings. The molecule has 0 bridgehead atoms. The van der Waals surface area contributed by atoms with Gasteiger partial charge in [-0.25, -0.2) is 0 Å². The minimum absolute atomic E-state index is 0.0856. The SMILES string of the molecule is CC(C)(C)OC(=O)CC[C@@H](O)[C@H](O)c1ccccc1. The lowest BCUT2D eigenvalue weighted by atomic mass is 10.0. The van der Waals surface area contributed by atoms with Crippen molar-refractivity contribution in [1.82, 2.24) is 0 Å². The van der Waals surface area contributed by atoms with Gasteiger partial charge in [-0.2, -0.15) is 0 Å². The van der Waals surface area contributed by atoms with Crippen molar-refractivity contribution >= 4 is 5.97 Å². The summed E-state index contributed by atoms with van der Waals surface area (Å²) in [5, 5.41) is 19.8. The van der Waals surface area contributed by atoms with Crippen molar-refractivity contribution in [3.63, 3.8) is 0 Å². The molecule has 106 valence electrons. The predicted molar refractivity (Wildman–Crippen MR) is 72.5 cm³/mol. The van der Waals surface area contributed by atoms with Gasteiger partial charge < -0.3 is 14.9 Å². The fourth-order valence-corrected chi connectivity index (χ4v) is 1.69. The van der Waals surface area contributed by atoms with Crippen molar-refractivity contribution < 1.29 is 19.7 Å².